The number of nitrogens with one attached hydrogen (secondary N) is 2. The van der Waals surface area contributed by atoms with Crippen LogP contribution in [0.3, 0.4) is 0 Å². The molecule has 0 spiro atoms. The standard InChI is InChI=1S/C27H42N2O4.BrH.H2O/c1-3-22-20(10-12-24(30)26(22)32)14-18-28-16-8-6-5-7-9-17-29-19-15-21-11-13-25(31)27(33)23(21)4-2;;/h10-13,28-33H,3-9,14-19H2,1-2H3;1H;1H2. The van der Waals surface area contributed by atoms with E-state index in [9.17, 15) is 20.4 Å². The highest BCUT2D eigenvalue weighted by atomic mass is 79.9. The molecule has 0 radical (unpaired) electrons. The van der Waals surface area contributed by atoms with Gasteiger partial charge in [0.1, 0.15) is 0 Å². The minimum Gasteiger partial charge on any atom is -0.504 e. The van der Waals surface area contributed by atoms with Crippen LogP contribution in [0.25, 0.3) is 0 Å². The van der Waals surface area contributed by atoms with Crippen LogP contribution in [-0.2, 0) is 25.7 Å². The summed E-state index contributed by atoms with van der Waals surface area (Å²) in [5.74, 6) is -0.0336. The van der Waals surface area contributed by atoms with E-state index < -0.39 is 0 Å². The molecule has 7 nitrogen and oxygen atoms in total. The third kappa shape index (κ3) is 10.7. The van der Waals surface area contributed by atoms with Gasteiger partial charge in [0.05, 0.1) is 0 Å². The molecule has 8 N–H and O–H groups in total. The Hall–Kier alpha value is -2.00. The predicted molar refractivity (Wildman–Crippen MR) is 148 cm³/mol. The first-order valence-electron chi connectivity index (χ1n) is 12.5. The topological polar surface area (TPSA) is 136 Å². The molecule has 0 heterocycles. The first-order valence-corrected chi connectivity index (χ1v) is 12.5. The van der Waals surface area contributed by atoms with Gasteiger partial charge < -0.3 is 36.5 Å². The third-order valence-electron chi connectivity index (χ3n) is 6.27. The molecule has 2 aromatic carbocycles. The highest BCUT2D eigenvalue weighted by Crippen LogP contribution is 2.32. The van der Waals surface area contributed by atoms with E-state index in [0.717, 1.165) is 61.3 Å². The van der Waals surface area contributed by atoms with Crippen LogP contribution in [0.2, 0.25) is 0 Å². The van der Waals surface area contributed by atoms with Gasteiger partial charge in [0.15, 0.2) is 23.0 Å². The molecule has 0 aromatic heterocycles. The van der Waals surface area contributed by atoms with Gasteiger partial charge in [-0.3, -0.25) is 0 Å². The summed E-state index contributed by atoms with van der Waals surface area (Å²) < 4.78 is 0. The van der Waals surface area contributed by atoms with E-state index in [1.54, 1.807) is 12.1 Å². The van der Waals surface area contributed by atoms with E-state index in [1.807, 2.05) is 26.0 Å². The Labute approximate surface area is 220 Å². The molecular formula is C27H45BrN2O5. The van der Waals surface area contributed by atoms with Crippen LogP contribution in [0, 0.1) is 0 Å². The van der Waals surface area contributed by atoms with Crippen molar-refractivity contribution in [2.75, 3.05) is 26.2 Å². The zero-order valence-corrected chi connectivity index (χ0v) is 22.9. The summed E-state index contributed by atoms with van der Waals surface area (Å²) in [4.78, 5) is 0. The van der Waals surface area contributed by atoms with Gasteiger partial charge in [0.2, 0.25) is 0 Å². The largest absolute Gasteiger partial charge is 0.504 e. The quantitative estimate of drug-likeness (QED) is 0.135. The van der Waals surface area contributed by atoms with Gasteiger partial charge in [0.25, 0.3) is 0 Å². The minimum absolute atomic E-state index is 0. The lowest BCUT2D eigenvalue weighted by Crippen LogP contribution is -2.19. The van der Waals surface area contributed by atoms with Gasteiger partial charge in [-0.15, -0.1) is 17.0 Å². The molecule has 0 saturated carbocycles. The van der Waals surface area contributed by atoms with Crippen molar-refractivity contribution in [2.24, 2.45) is 0 Å². The van der Waals surface area contributed by atoms with Gasteiger partial charge in [-0.2, -0.15) is 0 Å². The van der Waals surface area contributed by atoms with Gasteiger partial charge in [-0.25, -0.2) is 0 Å². The Morgan fingerprint density at radius 3 is 1.31 bits per heavy atom. The van der Waals surface area contributed by atoms with E-state index in [2.05, 4.69) is 10.6 Å². The Bertz CT molecular complexity index is 794. The molecule has 0 amide bonds. The van der Waals surface area contributed by atoms with E-state index in [4.69, 9.17) is 0 Å². The molecular weight excluding hydrogens is 512 g/mol. The SMILES string of the molecule is Br.CCc1c(CCNCCCCCCCNCCc2ccc(O)c(O)c2CC)ccc(O)c1O.O. The molecule has 200 valence electrons. The zero-order valence-electron chi connectivity index (χ0n) is 21.2. The predicted octanol–water partition coefficient (Wildman–Crippen LogP) is 4.30. The van der Waals surface area contributed by atoms with Gasteiger partial charge >= 0.3 is 0 Å². The highest BCUT2D eigenvalue weighted by molar-refractivity contribution is 8.93. The van der Waals surface area contributed by atoms with Crippen LogP contribution in [0.1, 0.15) is 68.2 Å². The molecule has 0 atom stereocenters. The average Bonchev–Trinajstić information content (AvgIpc) is 2.81. The molecule has 35 heavy (non-hydrogen) atoms. The Morgan fingerprint density at radius 1 is 0.571 bits per heavy atom. The summed E-state index contributed by atoms with van der Waals surface area (Å²) in [6.07, 6.45) is 9.15. The molecule has 0 bridgehead atoms. The molecule has 0 fully saturated rings. The number of hydrogen-bond acceptors (Lipinski definition) is 6. The van der Waals surface area contributed by atoms with Crippen molar-refractivity contribution in [3.05, 3.63) is 46.5 Å². The average molecular weight is 558 g/mol. The Morgan fingerprint density at radius 2 is 0.943 bits per heavy atom. The van der Waals surface area contributed by atoms with Crippen molar-refractivity contribution in [3.8, 4) is 23.0 Å². The van der Waals surface area contributed by atoms with Crippen LogP contribution in [-0.4, -0.2) is 52.1 Å². The Kier molecular flexibility index (Phi) is 17.2. The van der Waals surface area contributed by atoms with Crippen molar-refractivity contribution in [3.63, 3.8) is 0 Å². The number of unbranched alkanes of at least 4 members (excludes halogenated alkanes) is 4. The molecule has 0 aliphatic rings. The second-order valence-electron chi connectivity index (χ2n) is 8.62. The summed E-state index contributed by atoms with van der Waals surface area (Å²) in [6, 6.07) is 6.94. The number of hydrogen-bond donors (Lipinski definition) is 6. The second-order valence-corrected chi connectivity index (χ2v) is 8.62. The van der Waals surface area contributed by atoms with Crippen LogP contribution in [0.15, 0.2) is 24.3 Å². The summed E-state index contributed by atoms with van der Waals surface area (Å²) in [7, 11) is 0. The molecule has 0 unspecified atom stereocenters. The first-order chi connectivity index (χ1) is 16.0. The smallest absolute Gasteiger partial charge is 0.160 e. The van der Waals surface area contributed by atoms with Crippen LogP contribution < -0.4 is 10.6 Å². The van der Waals surface area contributed by atoms with Crippen molar-refractivity contribution < 1.29 is 25.9 Å². The zero-order chi connectivity index (χ0) is 24.1. The molecule has 2 rings (SSSR count). The number of phenols is 4. The maximum atomic E-state index is 9.97. The first kappa shape index (κ1) is 33.0. The van der Waals surface area contributed by atoms with Crippen molar-refractivity contribution in [2.45, 2.75) is 71.6 Å². The van der Waals surface area contributed by atoms with Crippen LogP contribution >= 0.6 is 17.0 Å². The maximum Gasteiger partial charge on any atom is 0.160 e. The second kappa shape index (κ2) is 18.3. The molecule has 0 aliphatic heterocycles. The third-order valence-corrected chi connectivity index (χ3v) is 6.27. The number of phenolic OH excluding ortho intramolecular Hbond substituents is 4. The summed E-state index contributed by atoms with van der Waals surface area (Å²) >= 11 is 0. The van der Waals surface area contributed by atoms with Crippen molar-refractivity contribution in [1.82, 2.24) is 10.6 Å². The van der Waals surface area contributed by atoms with E-state index in [1.165, 1.54) is 32.1 Å². The monoisotopic (exact) mass is 556 g/mol. The lowest BCUT2D eigenvalue weighted by Gasteiger charge is -2.12. The number of halogens is 1. The molecule has 0 saturated heterocycles. The van der Waals surface area contributed by atoms with E-state index >= 15 is 0 Å². The molecule has 0 aliphatic carbocycles. The fourth-order valence-electron chi connectivity index (χ4n) is 4.32. The lowest BCUT2D eigenvalue weighted by molar-refractivity contribution is 0.399. The molecule has 8 heteroatoms. The minimum atomic E-state index is -0.0398. The van der Waals surface area contributed by atoms with Crippen LogP contribution in [0.5, 0.6) is 23.0 Å². The number of benzene rings is 2. The lowest BCUT2D eigenvalue weighted by atomic mass is 10.0. The number of rotatable bonds is 16. The van der Waals surface area contributed by atoms with Crippen molar-refractivity contribution >= 4 is 17.0 Å². The molecule has 2 aromatic rings. The Balaban J connectivity index is 0.00000578. The summed E-state index contributed by atoms with van der Waals surface area (Å²) in [5, 5.41) is 46.2. The number of aromatic hydroxyl groups is 4. The maximum absolute atomic E-state index is 9.97. The normalized spacial score (nSPS) is 10.6. The van der Waals surface area contributed by atoms with Crippen LogP contribution in [0.4, 0.5) is 0 Å². The fourth-order valence-corrected chi connectivity index (χ4v) is 4.32. The fraction of sp³-hybridized carbons (Fsp3) is 0.556. The van der Waals surface area contributed by atoms with Gasteiger partial charge in [-0.05, 0) is 88.0 Å². The summed E-state index contributed by atoms with van der Waals surface area (Å²) in [5.41, 5.74) is 3.89. The summed E-state index contributed by atoms with van der Waals surface area (Å²) in [6.45, 7) is 7.74. The van der Waals surface area contributed by atoms with Crippen molar-refractivity contribution in [1.29, 1.82) is 0 Å². The van der Waals surface area contributed by atoms with Gasteiger partial charge in [-0.1, -0.05) is 45.2 Å². The van der Waals surface area contributed by atoms with Gasteiger partial charge in [0, 0.05) is 11.1 Å². The highest BCUT2D eigenvalue weighted by Gasteiger charge is 2.11. The van der Waals surface area contributed by atoms with E-state index in [-0.39, 0.29) is 45.5 Å². The van der Waals surface area contributed by atoms with E-state index in [0.29, 0.717) is 12.8 Å².